The van der Waals surface area contributed by atoms with E-state index in [4.69, 9.17) is 0 Å². The molecule has 0 fully saturated rings. The monoisotopic (exact) mass is 157 g/mol. The van der Waals surface area contributed by atoms with Crippen LogP contribution in [-0.4, -0.2) is 6.61 Å². The Bertz CT molecular complexity index is 80.9. The van der Waals surface area contributed by atoms with Crippen LogP contribution >= 0.6 is 0 Å². The van der Waals surface area contributed by atoms with Crippen molar-refractivity contribution in [3.05, 3.63) is 0 Å². The summed E-state index contributed by atoms with van der Waals surface area (Å²) >= 11 is 0. The van der Waals surface area contributed by atoms with Crippen LogP contribution in [0.15, 0.2) is 0 Å². The largest absolute Gasteiger partial charge is 0.236 e. The summed E-state index contributed by atoms with van der Waals surface area (Å²) in [6.45, 7) is 6.57. The summed E-state index contributed by atoms with van der Waals surface area (Å²) in [5.74, 6) is 1.05. The van der Waals surface area contributed by atoms with Crippen molar-refractivity contribution in [2.75, 3.05) is 6.61 Å². The summed E-state index contributed by atoms with van der Waals surface area (Å²) in [7, 11) is 0. The Morgan fingerprint density at radius 1 is 1.27 bits per heavy atom. The third-order valence-electron chi connectivity index (χ3n) is 2.52. The molecule has 0 aromatic heterocycles. The Morgan fingerprint density at radius 2 is 1.91 bits per heavy atom. The first-order valence-electron chi connectivity index (χ1n) is 4.84. The maximum absolute atomic E-state index is 10.6. The maximum atomic E-state index is 10.6. The van der Waals surface area contributed by atoms with Crippen molar-refractivity contribution >= 4 is 0 Å². The fraction of sp³-hybridized carbons (Fsp3) is 1.00. The molecule has 1 heteroatoms. The lowest BCUT2D eigenvalue weighted by Gasteiger charge is -2.19. The molecule has 0 rings (SSSR count). The lowest BCUT2D eigenvalue weighted by atomic mass is 9.88. The van der Waals surface area contributed by atoms with Gasteiger partial charge in [0.25, 0.3) is 0 Å². The zero-order valence-corrected chi connectivity index (χ0v) is 8.10. The minimum atomic E-state index is 0.0994. The molecule has 0 N–H and O–H groups in total. The molecule has 0 bridgehead atoms. The van der Waals surface area contributed by atoms with E-state index < -0.39 is 0 Å². The van der Waals surface area contributed by atoms with Gasteiger partial charge in [0.05, 0.1) is 6.61 Å². The standard InChI is InChI=1S/C10H21O/c1-4-6-7-10(5-2)9(3)8-11/h9-10H,4-8H2,1-3H3. The van der Waals surface area contributed by atoms with E-state index in [9.17, 15) is 5.11 Å². The van der Waals surface area contributed by atoms with E-state index in [-0.39, 0.29) is 6.61 Å². The number of hydrogen-bond donors (Lipinski definition) is 0. The van der Waals surface area contributed by atoms with Crippen LogP contribution in [0.1, 0.15) is 46.5 Å². The molecule has 0 aromatic rings. The van der Waals surface area contributed by atoms with Crippen LogP contribution in [0.5, 0.6) is 0 Å². The molecule has 2 atom stereocenters. The van der Waals surface area contributed by atoms with Crippen molar-refractivity contribution in [1.82, 2.24) is 0 Å². The van der Waals surface area contributed by atoms with Crippen molar-refractivity contribution < 1.29 is 5.11 Å². The summed E-state index contributed by atoms with van der Waals surface area (Å²) in [6.07, 6.45) is 4.95. The van der Waals surface area contributed by atoms with Gasteiger partial charge in [-0.3, -0.25) is 0 Å². The molecule has 11 heavy (non-hydrogen) atoms. The van der Waals surface area contributed by atoms with Crippen LogP contribution in [-0.2, 0) is 5.11 Å². The molecule has 0 spiro atoms. The molecule has 0 aromatic carbocycles. The van der Waals surface area contributed by atoms with Crippen LogP contribution in [0.3, 0.4) is 0 Å². The first kappa shape index (κ1) is 11.0. The highest BCUT2D eigenvalue weighted by Gasteiger charge is 2.13. The van der Waals surface area contributed by atoms with E-state index in [2.05, 4.69) is 20.8 Å². The highest BCUT2D eigenvalue weighted by Crippen LogP contribution is 2.21. The third kappa shape index (κ3) is 4.41. The van der Waals surface area contributed by atoms with E-state index in [0.29, 0.717) is 11.8 Å². The minimum absolute atomic E-state index is 0.0994. The molecule has 0 saturated carbocycles. The van der Waals surface area contributed by atoms with Gasteiger partial charge in [0.2, 0.25) is 0 Å². The Balaban J connectivity index is 3.56. The molecule has 0 aliphatic rings. The topological polar surface area (TPSA) is 19.9 Å². The van der Waals surface area contributed by atoms with Gasteiger partial charge >= 0.3 is 0 Å². The second-order valence-corrected chi connectivity index (χ2v) is 3.45. The SMILES string of the molecule is CCCCC(CC)C(C)C[O]. The van der Waals surface area contributed by atoms with Crippen molar-refractivity contribution in [2.24, 2.45) is 11.8 Å². The first-order valence-corrected chi connectivity index (χ1v) is 4.84. The van der Waals surface area contributed by atoms with E-state index in [1.165, 1.54) is 25.7 Å². The van der Waals surface area contributed by atoms with Crippen LogP contribution < -0.4 is 0 Å². The molecule has 0 aliphatic carbocycles. The fourth-order valence-electron chi connectivity index (χ4n) is 1.49. The Kier molecular flexibility index (Phi) is 6.63. The molecule has 0 heterocycles. The van der Waals surface area contributed by atoms with E-state index in [1.807, 2.05) is 0 Å². The lowest BCUT2D eigenvalue weighted by molar-refractivity contribution is 0.114. The van der Waals surface area contributed by atoms with E-state index in [1.54, 1.807) is 0 Å². The summed E-state index contributed by atoms with van der Waals surface area (Å²) in [5.41, 5.74) is 0. The molecule has 0 aliphatic heterocycles. The lowest BCUT2D eigenvalue weighted by Crippen LogP contribution is -2.13. The summed E-state index contributed by atoms with van der Waals surface area (Å²) in [4.78, 5) is 0. The predicted octanol–water partition coefficient (Wildman–Crippen LogP) is 3.27. The zero-order valence-electron chi connectivity index (χ0n) is 8.10. The molecule has 1 nitrogen and oxygen atoms in total. The quantitative estimate of drug-likeness (QED) is 0.564. The molecule has 2 unspecified atom stereocenters. The third-order valence-corrected chi connectivity index (χ3v) is 2.52. The van der Waals surface area contributed by atoms with Crippen molar-refractivity contribution in [2.45, 2.75) is 46.5 Å². The molecular weight excluding hydrogens is 136 g/mol. The highest BCUT2D eigenvalue weighted by molar-refractivity contribution is 4.63. The number of unbranched alkanes of at least 4 members (excludes halogenated alkanes) is 1. The normalized spacial score (nSPS) is 16.4. The van der Waals surface area contributed by atoms with Gasteiger partial charge in [-0.05, 0) is 11.8 Å². The number of rotatable bonds is 6. The average molecular weight is 157 g/mol. The maximum Gasteiger partial charge on any atom is 0.0850 e. The van der Waals surface area contributed by atoms with Crippen molar-refractivity contribution in [3.63, 3.8) is 0 Å². The van der Waals surface area contributed by atoms with Gasteiger partial charge in [0.1, 0.15) is 0 Å². The molecule has 0 saturated heterocycles. The van der Waals surface area contributed by atoms with Crippen LogP contribution in [0, 0.1) is 11.8 Å². The molecule has 1 radical (unpaired) electrons. The summed E-state index contributed by atoms with van der Waals surface area (Å²) < 4.78 is 0. The van der Waals surface area contributed by atoms with Gasteiger partial charge < -0.3 is 0 Å². The van der Waals surface area contributed by atoms with Crippen molar-refractivity contribution in [3.8, 4) is 0 Å². The first-order chi connectivity index (χ1) is 5.26. The second kappa shape index (κ2) is 6.66. The molecular formula is C10H21O. The van der Waals surface area contributed by atoms with Gasteiger partial charge in [0, 0.05) is 0 Å². The molecule has 0 amide bonds. The average Bonchev–Trinajstić information content (AvgIpc) is 2.05. The van der Waals surface area contributed by atoms with Gasteiger partial charge in [-0.15, -0.1) is 0 Å². The zero-order chi connectivity index (χ0) is 8.69. The Labute approximate surface area is 70.8 Å². The van der Waals surface area contributed by atoms with Crippen LogP contribution in [0.4, 0.5) is 0 Å². The van der Waals surface area contributed by atoms with E-state index in [0.717, 1.165) is 0 Å². The Morgan fingerprint density at radius 3 is 2.27 bits per heavy atom. The van der Waals surface area contributed by atoms with Gasteiger partial charge in [-0.2, -0.15) is 0 Å². The summed E-state index contributed by atoms with van der Waals surface area (Å²) in [5, 5.41) is 10.6. The van der Waals surface area contributed by atoms with Gasteiger partial charge in [0.15, 0.2) is 0 Å². The fourth-order valence-corrected chi connectivity index (χ4v) is 1.49. The Hall–Kier alpha value is -0.0400. The van der Waals surface area contributed by atoms with Gasteiger partial charge in [-0.25, -0.2) is 5.11 Å². The number of hydrogen-bond acceptors (Lipinski definition) is 0. The minimum Gasteiger partial charge on any atom is -0.236 e. The van der Waals surface area contributed by atoms with Crippen LogP contribution in [0.25, 0.3) is 0 Å². The molecule has 67 valence electrons. The summed E-state index contributed by atoms with van der Waals surface area (Å²) in [6, 6.07) is 0. The predicted molar refractivity (Wildman–Crippen MR) is 48.0 cm³/mol. The van der Waals surface area contributed by atoms with Gasteiger partial charge in [-0.1, -0.05) is 46.5 Å². The van der Waals surface area contributed by atoms with E-state index >= 15 is 0 Å². The smallest absolute Gasteiger partial charge is 0.0850 e. The van der Waals surface area contributed by atoms with Crippen molar-refractivity contribution in [1.29, 1.82) is 0 Å². The van der Waals surface area contributed by atoms with Crippen LogP contribution in [0.2, 0.25) is 0 Å². The second-order valence-electron chi connectivity index (χ2n) is 3.45. The highest BCUT2D eigenvalue weighted by atomic mass is 16.3.